The quantitative estimate of drug-likeness (QED) is 0.690. The maximum Gasteiger partial charge on any atom is 0.260 e. The van der Waals surface area contributed by atoms with Crippen molar-refractivity contribution >= 4 is 23.0 Å². The molecule has 5 nitrogen and oxygen atoms in total. The topological polar surface area (TPSA) is 44.8 Å². The van der Waals surface area contributed by atoms with E-state index >= 15 is 0 Å². The number of rotatable bonds is 6. The van der Waals surface area contributed by atoms with Gasteiger partial charge in [0.25, 0.3) is 5.91 Å². The Bertz CT molecular complexity index is 906. The van der Waals surface area contributed by atoms with Crippen LogP contribution in [-0.2, 0) is 4.79 Å². The molecule has 0 aliphatic carbocycles. The number of amides is 1. The summed E-state index contributed by atoms with van der Waals surface area (Å²) in [5.41, 5.74) is 3.22. The lowest BCUT2D eigenvalue weighted by Gasteiger charge is -2.36. The number of piperazine rings is 1. The molecule has 0 spiro atoms. The van der Waals surface area contributed by atoms with Crippen LogP contribution >= 0.6 is 0 Å². The van der Waals surface area contributed by atoms with Crippen molar-refractivity contribution in [3.63, 3.8) is 0 Å². The average Bonchev–Trinajstić information content (AvgIpc) is 2.80. The van der Waals surface area contributed by atoms with Crippen LogP contribution in [0.4, 0.5) is 17.1 Å². The van der Waals surface area contributed by atoms with E-state index in [2.05, 4.69) is 22.3 Å². The van der Waals surface area contributed by atoms with Gasteiger partial charge in [-0.05, 0) is 48.5 Å². The maximum absolute atomic E-state index is 12.5. The Morgan fingerprint density at radius 3 is 2.00 bits per heavy atom. The fraction of sp³-hybridized carbons (Fsp3) is 0.208. The third-order valence-electron chi connectivity index (χ3n) is 5.03. The normalized spacial score (nSPS) is 13.8. The second-order valence-corrected chi connectivity index (χ2v) is 7.01. The molecule has 0 bridgehead atoms. The lowest BCUT2D eigenvalue weighted by molar-refractivity contribution is -0.133. The van der Waals surface area contributed by atoms with Crippen molar-refractivity contribution in [3.8, 4) is 5.75 Å². The third kappa shape index (κ3) is 5.08. The zero-order valence-corrected chi connectivity index (χ0v) is 16.3. The second-order valence-electron chi connectivity index (χ2n) is 7.01. The number of para-hydroxylation sites is 2. The van der Waals surface area contributed by atoms with Gasteiger partial charge in [0, 0.05) is 43.2 Å². The van der Waals surface area contributed by atoms with Crippen molar-refractivity contribution in [2.75, 3.05) is 43.0 Å². The number of nitrogens with zero attached hydrogens (tertiary/aromatic N) is 2. The van der Waals surface area contributed by atoms with Gasteiger partial charge in [0.15, 0.2) is 6.61 Å². The van der Waals surface area contributed by atoms with Crippen LogP contribution in [0.3, 0.4) is 0 Å². The summed E-state index contributed by atoms with van der Waals surface area (Å²) in [6.45, 7) is 3.19. The van der Waals surface area contributed by atoms with Crippen LogP contribution in [0.1, 0.15) is 0 Å². The van der Waals surface area contributed by atoms with Gasteiger partial charge in [-0.15, -0.1) is 0 Å². The van der Waals surface area contributed by atoms with Gasteiger partial charge in [-0.2, -0.15) is 0 Å². The highest BCUT2D eigenvalue weighted by atomic mass is 16.5. The number of hydrogen-bond acceptors (Lipinski definition) is 4. The highest BCUT2D eigenvalue weighted by molar-refractivity contribution is 5.78. The summed E-state index contributed by atoms with van der Waals surface area (Å²) < 4.78 is 5.71. The van der Waals surface area contributed by atoms with Crippen molar-refractivity contribution in [2.24, 2.45) is 0 Å². The van der Waals surface area contributed by atoms with Crippen LogP contribution in [0, 0.1) is 0 Å². The molecule has 0 unspecified atom stereocenters. The Morgan fingerprint density at radius 2 is 1.34 bits per heavy atom. The Hall–Kier alpha value is -3.47. The molecular weight excluding hydrogens is 362 g/mol. The average molecular weight is 387 g/mol. The van der Waals surface area contributed by atoms with Gasteiger partial charge in [-0.1, -0.05) is 36.4 Å². The van der Waals surface area contributed by atoms with E-state index in [1.54, 1.807) is 0 Å². The fourth-order valence-corrected chi connectivity index (χ4v) is 3.41. The molecule has 1 heterocycles. The zero-order valence-electron chi connectivity index (χ0n) is 16.3. The Kier molecular flexibility index (Phi) is 5.95. The van der Waals surface area contributed by atoms with Gasteiger partial charge >= 0.3 is 0 Å². The summed E-state index contributed by atoms with van der Waals surface area (Å²) in [4.78, 5) is 16.7. The largest absolute Gasteiger partial charge is 0.484 e. The van der Waals surface area contributed by atoms with Crippen molar-refractivity contribution in [1.82, 2.24) is 4.90 Å². The number of nitrogens with one attached hydrogen (secondary N) is 1. The van der Waals surface area contributed by atoms with Crippen LogP contribution in [0.2, 0.25) is 0 Å². The summed E-state index contributed by atoms with van der Waals surface area (Å²) >= 11 is 0. The van der Waals surface area contributed by atoms with E-state index < -0.39 is 0 Å². The summed E-state index contributed by atoms with van der Waals surface area (Å²) in [6.07, 6.45) is 0. The zero-order chi connectivity index (χ0) is 19.9. The number of benzene rings is 3. The first-order valence-electron chi connectivity index (χ1n) is 9.91. The molecule has 1 aliphatic heterocycles. The highest BCUT2D eigenvalue weighted by Crippen LogP contribution is 2.20. The predicted octanol–water partition coefficient (Wildman–Crippen LogP) is 4.16. The summed E-state index contributed by atoms with van der Waals surface area (Å²) in [6, 6.07) is 28.0. The molecule has 1 amide bonds. The predicted molar refractivity (Wildman–Crippen MR) is 117 cm³/mol. The Labute approximate surface area is 171 Å². The van der Waals surface area contributed by atoms with Gasteiger partial charge in [0.2, 0.25) is 0 Å². The lowest BCUT2D eigenvalue weighted by Crippen LogP contribution is -2.50. The number of ether oxygens (including phenoxy) is 1. The standard InChI is InChI=1S/C24H25N3O2/c28-24(27-17-15-26(16-18-27)22-9-5-2-6-10-22)19-29-23-13-11-21(12-14-23)25-20-7-3-1-4-8-20/h1-14,25H,15-19H2. The molecule has 0 radical (unpaired) electrons. The summed E-state index contributed by atoms with van der Waals surface area (Å²) in [7, 11) is 0. The molecule has 1 fully saturated rings. The molecule has 3 aromatic carbocycles. The van der Waals surface area contributed by atoms with Crippen LogP contribution in [-0.4, -0.2) is 43.6 Å². The van der Waals surface area contributed by atoms with E-state index in [-0.39, 0.29) is 12.5 Å². The molecule has 5 heteroatoms. The van der Waals surface area contributed by atoms with E-state index in [0.29, 0.717) is 5.75 Å². The van der Waals surface area contributed by atoms with Crippen LogP contribution in [0.25, 0.3) is 0 Å². The first-order valence-corrected chi connectivity index (χ1v) is 9.91. The maximum atomic E-state index is 12.5. The first kappa shape index (κ1) is 18.9. The van der Waals surface area contributed by atoms with Crippen molar-refractivity contribution in [3.05, 3.63) is 84.9 Å². The van der Waals surface area contributed by atoms with Gasteiger partial charge in [0.05, 0.1) is 0 Å². The molecule has 148 valence electrons. The van der Waals surface area contributed by atoms with Gasteiger partial charge in [-0.3, -0.25) is 4.79 Å². The van der Waals surface area contributed by atoms with Gasteiger partial charge in [-0.25, -0.2) is 0 Å². The molecule has 0 aromatic heterocycles. The van der Waals surface area contributed by atoms with Crippen molar-refractivity contribution in [1.29, 1.82) is 0 Å². The van der Waals surface area contributed by atoms with Gasteiger partial charge < -0.3 is 19.9 Å². The van der Waals surface area contributed by atoms with Crippen LogP contribution in [0.5, 0.6) is 5.75 Å². The summed E-state index contributed by atoms with van der Waals surface area (Å²) in [5.74, 6) is 0.726. The SMILES string of the molecule is O=C(COc1ccc(Nc2ccccc2)cc1)N1CCN(c2ccccc2)CC1. The molecule has 1 N–H and O–H groups in total. The van der Waals surface area contributed by atoms with E-state index in [4.69, 9.17) is 4.74 Å². The monoisotopic (exact) mass is 387 g/mol. The molecular formula is C24H25N3O2. The molecule has 29 heavy (non-hydrogen) atoms. The minimum atomic E-state index is 0.0317. The molecule has 0 atom stereocenters. The fourth-order valence-electron chi connectivity index (χ4n) is 3.41. The van der Waals surface area contributed by atoms with E-state index in [9.17, 15) is 4.79 Å². The number of carbonyl (C=O) groups excluding carboxylic acids is 1. The molecule has 3 aromatic rings. The van der Waals surface area contributed by atoms with Crippen LogP contribution < -0.4 is 15.0 Å². The smallest absolute Gasteiger partial charge is 0.260 e. The van der Waals surface area contributed by atoms with E-state index in [1.165, 1.54) is 5.69 Å². The minimum Gasteiger partial charge on any atom is -0.484 e. The van der Waals surface area contributed by atoms with Crippen LogP contribution in [0.15, 0.2) is 84.9 Å². The molecule has 1 aliphatic rings. The third-order valence-corrected chi connectivity index (χ3v) is 5.03. The van der Waals surface area contributed by atoms with Gasteiger partial charge in [0.1, 0.15) is 5.75 Å². The number of anilines is 3. The number of hydrogen-bond donors (Lipinski definition) is 1. The Morgan fingerprint density at radius 1 is 0.759 bits per heavy atom. The highest BCUT2D eigenvalue weighted by Gasteiger charge is 2.21. The van der Waals surface area contributed by atoms with E-state index in [0.717, 1.165) is 37.6 Å². The second kappa shape index (κ2) is 9.15. The van der Waals surface area contributed by atoms with E-state index in [1.807, 2.05) is 77.7 Å². The van der Waals surface area contributed by atoms with Crippen molar-refractivity contribution in [2.45, 2.75) is 0 Å². The van der Waals surface area contributed by atoms with Crippen molar-refractivity contribution < 1.29 is 9.53 Å². The Balaban J connectivity index is 1.23. The molecule has 0 saturated carbocycles. The summed E-state index contributed by atoms with van der Waals surface area (Å²) in [5, 5.41) is 3.33. The number of carbonyl (C=O) groups is 1. The molecule has 4 rings (SSSR count). The molecule has 1 saturated heterocycles. The lowest BCUT2D eigenvalue weighted by atomic mass is 10.2. The minimum absolute atomic E-state index is 0.0317. The first-order chi connectivity index (χ1) is 14.3.